The molecule has 1 aliphatic carbocycles. The average molecular weight is 348 g/mol. The van der Waals surface area contributed by atoms with Crippen LogP contribution in [-0.4, -0.2) is 27.3 Å². The summed E-state index contributed by atoms with van der Waals surface area (Å²) in [7, 11) is 0. The average Bonchev–Trinajstić information content (AvgIpc) is 3.33. The van der Waals surface area contributed by atoms with Crippen LogP contribution in [-0.2, 0) is 6.54 Å². The molecule has 0 saturated heterocycles. The number of nitrogens with one attached hydrogen (secondary N) is 1. The van der Waals surface area contributed by atoms with Crippen molar-refractivity contribution in [2.45, 2.75) is 44.8 Å². The number of benzene rings is 1. The molecule has 1 heterocycles. The molecule has 1 aromatic carbocycles. The Balaban J connectivity index is 1.68. The fourth-order valence-corrected chi connectivity index (χ4v) is 3.15. The van der Waals surface area contributed by atoms with Gasteiger partial charge in [-0.25, -0.2) is 0 Å². The van der Waals surface area contributed by atoms with Gasteiger partial charge in [-0.2, -0.15) is 5.10 Å². The number of carbonyl (C=O) groups is 1. The molecule has 1 aliphatic rings. The molecule has 1 saturated carbocycles. The minimum absolute atomic E-state index is 0.117. The maximum absolute atomic E-state index is 12.5. The van der Waals surface area contributed by atoms with E-state index >= 15 is 0 Å². The maximum Gasteiger partial charge on any atom is 0.254 e. The predicted octanol–water partition coefficient (Wildman–Crippen LogP) is 3.29. The lowest BCUT2D eigenvalue weighted by atomic mass is 10.1. The van der Waals surface area contributed by atoms with Crippen molar-refractivity contribution < 1.29 is 9.90 Å². The number of aliphatic hydroxyl groups is 1. The number of rotatable bonds is 7. The summed E-state index contributed by atoms with van der Waals surface area (Å²) in [4.78, 5) is 12.5. The largest absolute Gasteiger partial charge is 0.387 e. The number of halogens is 1. The van der Waals surface area contributed by atoms with E-state index in [2.05, 4.69) is 17.3 Å². The van der Waals surface area contributed by atoms with Crippen molar-refractivity contribution in [3.63, 3.8) is 0 Å². The highest BCUT2D eigenvalue weighted by Gasteiger charge is 2.32. The number of amides is 1. The molecule has 0 radical (unpaired) electrons. The van der Waals surface area contributed by atoms with Gasteiger partial charge in [-0.05, 0) is 25.3 Å². The fraction of sp³-hybridized carbons (Fsp3) is 0.444. The van der Waals surface area contributed by atoms with E-state index in [0.717, 1.165) is 31.5 Å². The molecule has 3 rings (SSSR count). The minimum atomic E-state index is -0.835. The van der Waals surface area contributed by atoms with Crippen LogP contribution in [0.1, 0.15) is 59.8 Å². The summed E-state index contributed by atoms with van der Waals surface area (Å²) in [6.07, 6.45) is 4.00. The first-order valence-electron chi connectivity index (χ1n) is 8.38. The number of hydrogen-bond donors (Lipinski definition) is 2. The Morgan fingerprint density at radius 2 is 2.21 bits per heavy atom. The Kier molecular flexibility index (Phi) is 5.21. The van der Waals surface area contributed by atoms with Crippen LogP contribution in [0.5, 0.6) is 0 Å². The zero-order valence-corrected chi connectivity index (χ0v) is 14.5. The van der Waals surface area contributed by atoms with Crippen molar-refractivity contribution in [3.8, 4) is 0 Å². The molecule has 6 heteroatoms. The van der Waals surface area contributed by atoms with Crippen LogP contribution >= 0.6 is 11.6 Å². The second-order valence-electron chi connectivity index (χ2n) is 6.19. The molecule has 1 fully saturated rings. The van der Waals surface area contributed by atoms with Gasteiger partial charge in [-0.3, -0.25) is 9.48 Å². The highest BCUT2D eigenvalue weighted by molar-refractivity contribution is 6.31. The van der Waals surface area contributed by atoms with Crippen molar-refractivity contribution in [2.75, 3.05) is 6.54 Å². The van der Waals surface area contributed by atoms with E-state index in [4.69, 9.17) is 11.6 Å². The number of aryl methyl sites for hydroxylation is 1. The van der Waals surface area contributed by atoms with Gasteiger partial charge >= 0.3 is 0 Å². The van der Waals surface area contributed by atoms with E-state index in [0.29, 0.717) is 22.1 Å². The zero-order chi connectivity index (χ0) is 17.1. The molecule has 24 heavy (non-hydrogen) atoms. The summed E-state index contributed by atoms with van der Waals surface area (Å²) < 4.78 is 1.94. The van der Waals surface area contributed by atoms with Gasteiger partial charge < -0.3 is 10.4 Å². The van der Waals surface area contributed by atoms with Gasteiger partial charge in [0.05, 0.1) is 23.6 Å². The molecule has 1 amide bonds. The summed E-state index contributed by atoms with van der Waals surface area (Å²) >= 11 is 6.08. The molecule has 5 nitrogen and oxygen atoms in total. The summed E-state index contributed by atoms with van der Waals surface area (Å²) in [6, 6.07) is 7.10. The standard InChI is InChI=1S/C18H22ClN3O2/c1-2-9-22-17(12-7-8-12)14(10-21-22)18(24)20-11-16(23)13-5-3-4-6-15(13)19/h3-6,10,12,16,23H,2,7-9,11H2,1H3,(H,20,24). The van der Waals surface area contributed by atoms with Gasteiger partial charge in [0, 0.05) is 29.6 Å². The SMILES string of the molecule is CCCn1ncc(C(=O)NCC(O)c2ccccc2Cl)c1C1CC1. The smallest absolute Gasteiger partial charge is 0.254 e. The summed E-state index contributed by atoms with van der Waals surface area (Å²) in [5.74, 6) is 0.249. The van der Waals surface area contributed by atoms with Crippen LogP contribution in [0.3, 0.4) is 0 Å². The first-order valence-corrected chi connectivity index (χ1v) is 8.76. The van der Waals surface area contributed by atoms with Crippen LogP contribution in [0.15, 0.2) is 30.5 Å². The Morgan fingerprint density at radius 1 is 1.46 bits per heavy atom. The van der Waals surface area contributed by atoms with E-state index in [1.165, 1.54) is 0 Å². The lowest BCUT2D eigenvalue weighted by Gasteiger charge is -2.14. The highest BCUT2D eigenvalue weighted by Crippen LogP contribution is 2.41. The van der Waals surface area contributed by atoms with Crippen LogP contribution in [0.25, 0.3) is 0 Å². The normalized spacial score (nSPS) is 15.3. The second-order valence-corrected chi connectivity index (χ2v) is 6.60. The Hall–Kier alpha value is -1.85. The van der Waals surface area contributed by atoms with Gasteiger partial charge in [-0.15, -0.1) is 0 Å². The Morgan fingerprint density at radius 3 is 2.88 bits per heavy atom. The quantitative estimate of drug-likeness (QED) is 0.807. The molecular weight excluding hydrogens is 326 g/mol. The molecule has 0 spiro atoms. The fourth-order valence-electron chi connectivity index (χ4n) is 2.89. The molecule has 0 aliphatic heterocycles. The number of hydrogen-bond acceptors (Lipinski definition) is 3. The van der Waals surface area contributed by atoms with Gasteiger partial charge in [0.2, 0.25) is 0 Å². The number of carbonyl (C=O) groups excluding carboxylic acids is 1. The van der Waals surface area contributed by atoms with Crippen molar-refractivity contribution in [2.24, 2.45) is 0 Å². The number of nitrogens with zero attached hydrogens (tertiary/aromatic N) is 2. The monoisotopic (exact) mass is 347 g/mol. The molecule has 1 atom stereocenters. The maximum atomic E-state index is 12.5. The lowest BCUT2D eigenvalue weighted by molar-refractivity contribution is 0.0915. The van der Waals surface area contributed by atoms with Crippen molar-refractivity contribution in [3.05, 3.63) is 52.3 Å². The molecular formula is C18H22ClN3O2. The lowest BCUT2D eigenvalue weighted by Crippen LogP contribution is -2.29. The molecule has 128 valence electrons. The van der Waals surface area contributed by atoms with Crippen molar-refractivity contribution >= 4 is 17.5 Å². The topological polar surface area (TPSA) is 67.2 Å². The van der Waals surface area contributed by atoms with Gasteiger partial charge in [0.15, 0.2) is 0 Å². The predicted molar refractivity (Wildman–Crippen MR) is 93.2 cm³/mol. The number of aliphatic hydroxyl groups excluding tert-OH is 1. The third-order valence-corrected chi connectivity index (χ3v) is 4.59. The molecule has 1 unspecified atom stereocenters. The highest BCUT2D eigenvalue weighted by atomic mass is 35.5. The summed E-state index contributed by atoms with van der Waals surface area (Å²) in [5.41, 5.74) is 2.27. The first-order chi connectivity index (χ1) is 11.6. The third kappa shape index (κ3) is 3.62. The van der Waals surface area contributed by atoms with Crippen molar-refractivity contribution in [1.29, 1.82) is 0 Å². The first kappa shape index (κ1) is 17.0. The summed E-state index contributed by atoms with van der Waals surface area (Å²) in [5, 5.41) is 17.9. The zero-order valence-electron chi connectivity index (χ0n) is 13.7. The minimum Gasteiger partial charge on any atom is -0.387 e. The van der Waals surface area contributed by atoms with Crippen LogP contribution < -0.4 is 5.32 Å². The van der Waals surface area contributed by atoms with Crippen molar-refractivity contribution in [1.82, 2.24) is 15.1 Å². The molecule has 2 aromatic rings. The second kappa shape index (κ2) is 7.36. The van der Waals surface area contributed by atoms with E-state index < -0.39 is 6.10 Å². The van der Waals surface area contributed by atoms with E-state index in [1.807, 2.05) is 10.7 Å². The van der Waals surface area contributed by atoms with Crippen LogP contribution in [0.4, 0.5) is 0 Å². The van der Waals surface area contributed by atoms with Gasteiger partial charge in [0.1, 0.15) is 0 Å². The van der Waals surface area contributed by atoms with Crippen LogP contribution in [0, 0.1) is 0 Å². The van der Waals surface area contributed by atoms with E-state index in [1.54, 1.807) is 24.4 Å². The Bertz CT molecular complexity index is 725. The van der Waals surface area contributed by atoms with Crippen LogP contribution in [0.2, 0.25) is 5.02 Å². The molecule has 0 bridgehead atoms. The molecule has 1 aromatic heterocycles. The van der Waals surface area contributed by atoms with Gasteiger partial charge in [0.25, 0.3) is 5.91 Å². The Labute approximate surface area is 146 Å². The molecule has 2 N–H and O–H groups in total. The number of aromatic nitrogens is 2. The summed E-state index contributed by atoms with van der Waals surface area (Å²) in [6.45, 7) is 3.03. The van der Waals surface area contributed by atoms with E-state index in [-0.39, 0.29) is 12.5 Å². The third-order valence-electron chi connectivity index (χ3n) is 4.24. The van der Waals surface area contributed by atoms with E-state index in [9.17, 15) is 9.90 Å². The van der Waals surface area contributed by atoms with Gasteiger partial charge in [-0.1, -0.05) is 36.7 Å².